The van der Waals surface area contributed by atoms with Crippen LogP contribution in [0.2, 0.25) is 0 Å². The van der Waals surface area contributed by atoms with Gasteiger partial charge in [-0.25, -0.2) is 4.98 Å². The topological polar surface area (TPSA) is 90.9 Å². The number of aliphatic hydroxyl groups is 1. The van der Waals surface area contributed by atoms with E-state index in [2.05, 4.69) is 32.3 Å². The van der Waals surface area contributed by atoms with Gasteiger partial charge in [0.05, 0.1) is 6.61 Å². The van der Waals surface area contributed by atoms with Gasteiger partial charge in [-0.15, -0.1) is 0 Å². The van der Waals surface area contributed by atoms with E-state index in [0.29, 0.717) is 23.6 Å². The number of aliphatic hydroxyl groups excluding tert-OH is 1. The molecule has 0 bridgehead atoms. The van der Waals surface area contributed by atoms with Crippen LogP contribution in [-0.4, -0.2) is 32.8 Å². The molecule has 0 spiro atoms. The molecule has 0 aromatic carbocycles. The average Bonchev–Trinajstić information content (AvgIpc) is 2.93. The van der Waals surface area contributed by atoms with Crippen molar-refractivity contribution in [1.29, 1.82) is 0 Å². The molecule has 0 unspecified atom stereocenters. The number of anilines is 1. The summed E-state index contributed by atoms with van der Waals surface area (Å²) in [5, 5.41) is 17.5. The molecule has 1 amide bonds. The molecule has 0 radical (unpaired) electrons. The second kappa shape index (κ2) is 6.33. The summed E-state index contributed by atoms with van der Waals surface area (Å²) in [5.74, 6) is 5.67. The van der Waals surface area contributed by atoms with Gasteiger partial charge < -0.3 is 10.4 Å². The monoisotopic (exact) mass is 256 g/mol. The number of carbonyl (C=O) groups excluding carboxylic acids is 1. The fraction of sp³-hybridized carbons (Fsp3) is 0.154. The predicted octanol–water partition coefficient (Wildman–Crippen LogP) is 0.791. The van der Waals surface area contributed by atoms with E-state index in [9.17, 15) is 4.79 Å². The minimum Gasteiger partial charge on any atom is -0.395 e. The number of carbonyl (C=O) groups is 1. The third kappa shape index (κ3) is 3.66. The Hall–Kier alpha value is -2.65. The number of hydrogen-bond acceptors (Lipinski definition) is 4. The Bertz CT molecular complexity index is 611. The first-order valence-corrected chi connectivity index (χ1v) is 5.67. The molecule has 2 heterocycles. The maximum absolute atomic E-state index is 11.8. The molecular formula is C13H12N4O2. The van der Waals surface area contributed by atoms with E-state index in [1.807, 2.05) is 0 Å². The second-order valence-corrected chi connectivity index (χ2v) is 3.61. The number of pyridine rings is 1. The van der Waals surface area contributed by atoms with Crippen LogP contribution < -0.4 is 5.32 Å². The maximum atomic E-state index is 11.8. The summed E-state index contributed by atoms with van der Waals surface area (Å²) in [6, 6.07) is 6.72. The minimum absolute atomic E-state index is 0.0171. The molecule has 0 aliphatic carbocycles. The van der Waals surface area contributed by atoms with E-state index in [-0.39, 0.29) is 12.5 Å². The summed E-state index contributed by atoms with van der Waals surface area (Å²) < 4.78 is 0. The van der Waals surface area contributed by atoms with Gasteiger partial charge in [0.15, 0.2) is 0 Å². The summed E-state index contributed by atoms with van der Waals surface area (Å²) in [5.41, 5.74) is 0.898. The third-order valence-electron chi connectivity index (χ3n) is 2.19. The summed E-state index contributed by atoms with van der Waals surface area (Å²) >= 11 is 0. The Morgan fingerprint density at radius 3 is 3.05 bits per heavy atom. The van der Waals surface area contributed by atoms with Crippen molar-refractivity contribution in [3.8, 4) is 11.8 Å². The standard InChI is InChI=1S/C13H12N4O2/c18-9-2-1-4-10-5-3-6-12(15-10)16-13(19)11-7-8-14-17-11/h3,5-8,18H,2,9H2,(H,14,17)(H,15,16,19). The van der Waals surface area contributed by atoms with Crippen molar-refractivity contribution < 1.29 is 9.90 Å². The van der Waals surface area contributed by atoms with Crippen LogP contribution in [0.4, 0.5) is 5.82 Å². The van der Waals surface area contributed by atoms with Crippen molar-refractivity contribution in [2.45, 2.75) is 6.42 Å². The van der Waals surface area contributed by atoms with Crippen LogP contribution >= 0.6 is 0 Å². The van der Waals surface area contributed by atoms with Gasteiger partial charge in [-0.05, 0) is 24.1 Å². The van der Waals surface area contributed by atoms with E-state index in [1.54, 1.807) is 24.3 Å². The van der Waals surface area contributed by atoms with Crippen LogP contribution in [0.25, 0.3) is 0 Å². The zero-order valence-corrected chi connectivity index (χ0v) is 10.1. The second-order valence-electron chi connectivity index (χ2n) is 3.61. The Labute approximate surface area is 109 Å². The van der Waals surface area contributed by atoms with Crippen molar-refractivity contribution in [3.05, 3.63) is 41.9 Å². The molecule has 19 heavy (non-hydrogen) atoms. The van der Waals surface area contributed by atoms with E-state index in [4.69, 9.17) is 5.11 Å². The highest BCUT2D eigenvalue weighted by Crippen LogP contribution is 2.06. The molecular weight excluding hydrogens is 244 g/mol. The van der Waals surface area contributed by atoms with E-state index in [1.165, 1.54) is 6.20 Å². The molecule has 0 aliphatic heterocycles. The van der Waals surface area contributed by atoms with Crippen molar-refractivity contribution in [1.82, 2.24) is 15.2 Å². The Balaban J connectivity index is 2.07. The quantitative estimate of drug-likeness (QED) is 0.708. The molecule has 0 saturated heterocycles. The average molecular weight is 256 g/mol. The van der Waals surface area contributed by atoms with Gasteiger partial charge in [0.25, 0.3) is 5.91 Å². The Morgan fingerprint density at radius 1 is 1.42 bits per heavy atom. The van der Waals surface area contributed by atoms with Gasteiger partial charge in [0.2, 0.25) is 0 Å². The van der Waals surface area contributed by atoms with E-state index in [0.717, 1.165) is 0 Å². The molecule has 0 fully saturated rings. The summed E-state index contributed by atoms with van der Waals surface area (Å²) in [6.07, 6.45) is 1.89. The summed E-state index contributed by atoms with van der Waals surface area (Å²) in [6.45, 7) is 0.0171. The van der Waals surface area contributed by atoms with Crippen molar-refractivity contribution in [3.63, 3.8) is 0 Å². The molecule has 2 aromatic heterocycles. The fourth-order valence-electron chi connectivity index (χ4n) is 1.35. The van der Waals surface area contributed by atoms with Crippen LogP contribution in [0, 0.1) is 11.8 Å². The van der Waals surface area contributed by atoms with Crippen LogP contribution in [0.15, 0.2) is 30.5 Å². The van der Waals surface area contributed by atoms with Crippen molar-refractivity contribution in [2.75, 3.05) is 11.9 Å². The number of hydrogen-bond donors (Lipinski definition) is 3. The fourth-order valence-corrected chi connectivity index (χ4v) is 1.35. The summed E-state index contributed by atoms with van der Waals surface area (Å²) in [4.78, 5) is 15.9. The van der Waals surface area contributed by atoms with Crippen molar-refractivity contribution >= 4 is 11.7 Å². The molecule has 0 saturated carbocycles. The number of H-pyrrole nitrogens is 1. The Kier molecular flexibility index (Phi) is 4.26. The molecule has 2 aromatic rings. The van der Waals surface area contributed by atoms with Crippen LogP contribution in [0.1, 0.15) is 22.6 Å². The number of rotatable bonds is 3. The normalized spacial score (nSPS) is 9.53. The lowest BCUT2D eigenvalue weighted by atomic mass is 10.3. The minimum atomic E-state index is -0.314. The molecule has 0 aliphatic rings. The number of aromatic nitrogens is 3. The first-order valence-electron chi connectivity index (χ1n) is 5.67. The number of nitrogens with one attached hydrogen (secondary N) is 2. The molecule has 0 atom stereocenters. The van der Waals surface area contributed by atoms with Crippen molar-refractivity contribution in [2.24, 2.45) is 0 Å². The smallest absolute Gasteiger partial charge is 0.274 e. The number of amides is 1. The molecule has 96 valence electrons. The van der Waals surface area contributed by atoms with Crippen LogP contribution in [-0.2, 0) is 0 Å². The highest BCUT2D eigenvalue weighted by atomic mass is 16.2. The first kappa shape index (κ1) is 12.8. The Morgan fingerprint density at radius 2 is 2.32 bits per heavy atom. The molecule has 6 heteroatoms. The number of aromatic amines is 1. The zero-order chi connectivity index (χ0) is 13.5. The zero-order valence-electron chi connectivity index (χ0n) is 10.1. The van der Waals surface area contributed by atoms with Gasteiger partial charge in [0, 0.05) is 12.6 Å². The van der Waals surface area contributed by atoms with Gasteiger partial charge in [-0.2, -0.15) is 5.10 Å². The maximum Gasteiger partial charge on any atom is 0.274 e. The lowest BCUT2D eigenvalue weighted by Crippen LogP contribution is -2.13. The van der Waals surface area contributed by atoms with Gasteiger partial charge in [0.1, 0.15) is 17.2 Å². The largest absolute Gasteiger partial charge is 0.395 e. The highest BCUT2D eigenvalue weighted by molar-refractivity contribution is 6.02. The lowest BCUT2D eigenvalue weighted by molar-refractivity contribution is 0.102. The first-order chi connectivity index (χ1) is 9.29. The predicted molar refractivity (Wildman–Crippen MR) is 69.4 cm³/mol. The lowest BCUT2D eigenvalue weighted by Gasteiger charge is -2.02. The van der Waals surface area contributed by atoms with Crippen LogP contribution in [0.3, 0.4) is 0 Å². The molecule has 2 rings (SSSR count). The van der Waals surface area contributed by atoms with Gasteiger partial charge in [-0.1, -0.05) is 12.0 Å². The van der Waals surface area contributed by atoms with E-state index < -0.39 is 0 Å². The SMILES string of the molecule is O=C(Nc1cccc(C#CCCO)n1)c1ccn[nH]1. The van der Waals surface area contributed by atoms with E-state index >= 15 is 0 Å². The van der Waals surface area contributed by atoms with Gasteiger partial charge >= 0.3 is 0 Å². The summed E-state index contributed by atoms with van der Waals surface area (Å²) in [7, 11) is 0. The van der Waals surface area contributed by atoms with Crippen LogP contribution in [0.5, 0.6) is 0 Å². The molecule has 3 N–H and O–H groups in total. The van der Waals surface area contributed by atoms with Gasteiger partial charge in [-0.3, -0.25) is 9.89 Å². The third-order valence-corrected chi connectivity index (χ3v) is 2.19. The number of nitrogens with zero attached hydrogens (tertiary/aromatic N) is 2. The molecule has 6 nitrogen and oxygen atoms in total. The highest BCUT2D eigenvalue weighted by Gasteiger charge is 2.07.